The van der Waals surface area contributed by atoms with Crippen LogP contribution in [-0.4, -0.2) is 12.9 Å². The van der Waals surface area contributed by atoms with E-state index in [0.717, 1.165) is 44.3 Å². The molecule has 1 saturated carbocycles. The number of aryl methyl sites for hydroxylation is 1. The fraction of sp³-hybridized carbons (Fsp3) is 0.609. The van der Waals surface area contributed by atoms with Crippen LogP contribution in [0.2, 0.25) is 0 Å². The van der Waals surface area contributed by atoms with E-state index in [4.69, 9.17) is 4.74 Å². The van der Waals surface area contributed by atoms with Gasteiger partial charge in [0.1, 0.15) is 5.75 Å². The molecule has 3 aliphatic rings. The summed E-state index contributed by atoms with van der Waals surface area (Å²) in [5.74, 6) is 1.35. The number of hydrogen-bond acceptors (Lipinski definition) is 2. The number of methoxy groups -OCH3 is 1. The molecular formula is C23H30O2. The first-order valence-electron chi connectivity index (χ1n) is 9.68. The number of carbonyl (C=O) groups excluding carboxylic acids is 1. The largest absolute Gasteiger partial charge is 0.497 e. The standard InChI is InChI=1S/C23H30O2/c1-21(2)10-11-22(3)12-13-23(4)17-9-7-16(25-5)14-15(17)6-8-18(23)19(22)20(21)24/h7,9,14H,6,8,10-13H2,1-5H3. The van der Waals surface area contributed by atoms with E-state index in [1.54, 1.807) is 7.11 Å². The number of ketones is 1. The maximum atomic E-state index is 13.4. The number of carbonyl (C=O) groups is 1. The molecule has 4 rings (SSSR count). The number of fused-ring (bicyclic) bond motifs is 4. The van der Waals surface area contributed by atoms with Gasteiger partial charge in [0.05, 0.1) is 7.11 Å². The van der Waals surface area contributed by atoms with E-state index in [9.17, 15) is 4.79 Å². The second-order valence-corrected chi connectivity index (χ2v) is 9.48. The predicted molar refractivity (Wildman–Crippen MR) is 101 cm³/mol. The second-order valence-electron chi connectivity index (χ2n) is 9.48. The van der Waals surface area contributed by atoms with E-state index < -0.39 is 0 Å². The molecule has 0 bridgehead atoms. The predicted octanol–water partition coefficient (Wildman–Crippen LogP) is 5.38. The van der Waals surface area contributed by atoms with Crippen molar-refractivity contribution in [2.45, 2.75) is 71.6 Å². The third kappa shape index (κ3) is 2.26. The van der Waals surface area contributed by atoms with Gasteiger partial charge in [0.15, 0.2) is 5.78 Å². The van der Waals surface area contributed by atoms with Crippen LogP contribution < -0.4 is 4.74 Å². The molecule has 0 amide bonds. The van der Waals surface area contributed by atoms with Crippen molar-refractivity contribution in [2.75, 3.05) is 7.11 Å². The molecule has 0 radical (unpaired) electrons. The van der Waals surface area contributed by atoms with Gasteiger partial charge in [-0.3, -0.25) is 4.79 Å². The Balaban J connectivity index is 1.91. The van der Waals surface area contributed by atoms with Crippen molar-refractivity contribution < 1.29 is 9.53 Å². The lowest BCUT2D eigenvalue weighted by atomic mass is 9.50. The van der Waals surface area contributed by atoms with Crippen LogP contribution in [0.25, 0.3) is 0 Å². The molecule has 1 fully saturated rings. The van der Waals surface area contributed by atoms with Gasteiger partial charge in [-0.15, -0.1) is 0 Å². The summed E-state index contributed by atoms with van der Waals surface area (Å²) < 4.78 is 5.43. The third-order valence-electron chi connectivity index (χ3n) is 7.44. The van der Waals surface area contributed by atoms with Crippen LogP contribution in [0.3, 0.4) is 0 Å². The third-order valence-corrected chi connectivity index (χ3v) is 7.44. The molecule has 0 aliphatic heterocycles. The summed E-state index contributed by atoms with van der Waals surface area (Å²) in [5, 5.41) is 0. The Bertz CT molecular complexity index is 785. The molecule has 1 aromatic rings. The molecule has 0 N–H and O–H groups in total. The summed E-state index contributed by atoms with van der Waals surface area (Å²) >= 11 is 0. The van der Waals surface area contributed by atoms with E-state index >= 15 is 0 Å². The van der Waals surface area contributed by atoms with Gasteiger partial charge in [0, 0.05) is 16.4 Å². The maximum absolute atomic E-state index is 13.4. The van der Waals surface area contributed by atoms with E-state index in [0.29, 0.717) is 5.78 Å². The molecule has 134 valence electrons. The lowest BCUT2D eigenvalue weighted by Gasteiger charge is -2.53. The molecule has 0 spiro atoms. The Labute approximate surface area is 151 Å². The lowest BCUT2D eigenvalue weighted by Crippen LogP contribution is -2.48. The monoisotopic (exact) mass is 338 g/mol. The van der Waals surface area contributed by atoms with Crippen molar-refractivity contribution in [1.82, 2.24) is 0 Å². The van der Waals surface area contributed by atoms with Crippen molar-refractivity contribution in [3.8, 4) is 5.75 Å². The van der Waals surface area contributed by atoms with Crippen LogP contribution >= 0.6 is 0 Å². The van der Waals surface area contributed by atoms with E-state index in [-0.39, 0.29) is 16.2 Å². The average Bonchev–Trinajstić information content (AvgIpc) is 2.59. The van der Waals surface area contributed by atoms with Gasteiger partial charge < -0.3 is 4.74 Å². The summed E-state index contributed by atoms with van der Waals surface area (Å²) in [7, 11) is 1.73. The van der Waals surface area contributed by atoms with Crippen LogP contribution in [0.4, 0.5) is 0 Å². The Kier molecular flexibility index (Phi) is 3.52. The molecule has 1 aromatic carbocycles. The molecule has 2 unspecified atom stereocenters. The van der Waals surface area contributed by atoms with Gasteiger partial charge in [-0.2, -0.15) is 0 Å². The van der Waals surface area contributed by atoms with Crippen molar-refractivity contribution in [3.05, 3.63) is 40.5 Å². The molecule has 2 atom stereocenters. The maximum Gasteiger partial charge on any atom is 0.164 e. The highest BCUT2D eigenvalue weighted by Crippen LogP contribution is 2.60. The summed E-state index contributed by atoms with van der Waals surface area (Å²) in [6.07, 6.45) is 6.47. The number of benzene rings is 1. The summed E-state index contributed by atoms with van der Waals surface area (Å²) in [5.41, 5.74) is 5.34. The molecule has 2 heteroatoms. The van der Waals surface area contributed by atoms with Crippen LogP contribution in [0.15, 0.2) is 29.3 Å². The van der Waals surface area contributed by atoms with Crippen molar-refractivity contribution in [2.24, 2.45) is 10.8 Å². The van der Waals surface area contributed by atoms with Gasteiger partial charge in [0.2, 0.25) is 0 Å². The van der Waals surface area contributed by atoms with Crippen LogP contribution in [0.1, 0.15) is 70.9 Å². The van der Waals surface area contributed by atoms with Crippen molar-refractivity contribution in [1.29, 1.82) is 0 Å². The van der Waals surface area contributed by atoms with E-state index in [1.807, 2.05) is 0 Å². The number of hydrogen-bond donors (Lipinski definition) is 0. The molecular weight excluding hydrogens is 308 g/mol. The zero-order valence-electron chi connectivity index (χ0n) is 16.3. The Morgan fingerprint density at radius 2 is 1.68 bits per heavy atom. The van der Waals surface area contributed by atoms with Gasteiger partial charge in [-0.1, -0.05) is 39.3 Å². The average molecular weight is 338 g/mol. The molecule has 0 saturated heterocycles. The van der Waals surface area contributed by atoms with Crippen LogP contribution in [-0.2, 0) is 16.6 Å². The topological polar surface area (TPSA) is 26.3 Å². The van der Waals surface area contributed by atoms with Gasteiger partial charge in [-0.05, 0) is 67.2 Å². The second kappa shape index (κ2) is 5.22. The highest BCUT2D eigenvalue weighted by atomic mass is 16.5. The quantitative estimate of drug-likeness (QED) is 0.686. The zero-order chi connectivity index (χ0) is 18.0. The Hall–Kier alpha value is -1.57. The first-order chi connectivity index (χ1) is 11.7. The number of allylic oxidation sites excluding steroid dienone is 2. The first kappa shape index (κ1) is 16.9. The minimum absolute atomic E-state index is 0.0117. The highest BCUT2D eigenvalue weighted by molar-refractivity contribution is 6.02. The minimum atomic E-state index is -0.208. The normalized spacial score (nSPS) is 33.4. The van der Waals surface area contributed by atoms with Gasteiger partial charge in [-0.25, -0.2) is 0 Å². The van der Waals surface area contributed by atoms with Crippen molar-refractivity contribution in [3.63, 3.8) is 0 Å². The summed E-state index contributed by atoms with van der Waals surface area (Å²) in [4.78, 5) is 13.4. The fourth-order valence-electron chi connectivity index (χ4n) is 5.54. The Morgan fingerprint density at radius 1 is 0.960 bits per heavy atom. The number of ether oxygens (including phenoxy) is 1. The summed E-state index contributed by atoms with van der Waals surface area (Å²) in [6, 6.07) is 6.52. The smallest absolute Gasteiger partial charge is 0.164 e. The van der Waals surface area contributed by atoms with E-state index in [1.165, 1.54) is 22.3 Å². The molecule has 0 heterocycles. The molecule has 2 nitrogen and oxygen atoms in total. The highest BCUT2D eigenvalue weighted by Gasteiger charge is 2.53. The Morgan fingerprint density at radius 3 is 2.40 bits per heavy atom. The van der Waals surface area contributed by atoms with Crippen molar-refractivity contribution >= 4 is 5.78 Å². The van der Waals surface area contributed by atoms with Crippen LogP contribution in [0.5, 0.6) is 5.75 Å². The van der Waals surface area contributed by atoms with Crippen LogP contribution in [0, 0.1) is 10.8 Å². The molecule has 3 aliphatic carbocycles. The fourth-order valence-corrected chi connectivity index (χ4v) is 5.54. The molecule has 0 aromatic heterocycles. The van der Waals surface area contributed by atoms with Gasteiger partial charge >= 0.3 is 0 Å². The van der Waals surface area contributed by atoms with Gasteiger partial charge in [0.25, 0.3) is 0 Å². The first-order valence-corrected chi connectivity index (χ1v) is 9.68. The summed E-state index contributed by atoms with van der Waals surface area (Å²) in [6.45, 7) is 8.98. The minimum Gasteiger partial charge on any atom is -0.497 e. The number of Topliss-reactive ketones (excluding diaryl/α,β-unsaturated/α-hetero) is 1. The number of rotatable bonds is 1. The SMILES string of the molecule is COc1ccc2c(c1)CCC1=C3C(=O)C(C)(C)CCC3(C)CCC12C. The lowest BCUT2D eigenvalue weighted by molar-refractivity contribution is -0.127. The zero-order valence-corrected chi connectivity index (χ0v) is 16.3. The molecule has 25 heavy (non-hydrogen) atoms. The van der Waals surface area contributed by atoms with E-state index in [2.05, 4.69) is 45.9 Å².